The van der Waals surface area contributed by atoms with Gasteiger partial charge in [0.25, 0.3) is 0 Å². The molecule has 0 bridgehead atoms. The second kappa shape index (κ2) is 5.85. The zero-order valence-electron chi connectivity index (χ0n) is 11.0. The van der Waals surface area contributed by atoms with E-state index in [-0.39, 0.29) is 16.9 Å². The summed E-state index contributed by atoms with van der Waals surface area (Å²) < 4.78 is 4.63. The van der Waals surface area contributed by atoms with Gasteiger partial charge in [0.05, 0.1) is 18.2 Å². The number of esters is 1. The summed E-state index contributed by atoms with van der Waals surface area (Å²) in [6.07, 6.45) is 0. The van der Waals surface area contributed by atoms with E-state index in [2.05, 4.69) is 4.74 Å². The molecule has 6 heteroatoms. The average molecular weight is 307 g/mol. The first kappa shape index (κ1) is 14.9. The van der Waals surface area contributed by atoms with Crippen LogP contribution in [0.4, 0.5) is 0 Å². The topological polar surface area (TPSA) is 83.8 Å². The number of methoxy groups -OCH3 is 1. The van der Waals surface area contributed by atoms with Gasteiger partial charge in [0, 0.05) is 10.6 Å². The molecule has 0 saturated heterocycles. The third kappa shape index (κ3) is 3.14. The molecular weight excluding hydrogens is 296 g/mol. The van der Waals surface area contributed by atoms with Crippen LogP contribution in [-0.2, 0) is 4.74 Å². The van der Waals surface area contributed by atoms with Crippen LogP contribution in [0.15, 0.2) is 36.4 Å². The van der Waals surface area contributed by atoms with Crippen molar-refractivity contribution in [1.29, 1.82) is 0 Å². The van der Waals surface area contributed by atoms with E-state index in [4.69, 9.17) is 16.7 Å². The smallest absolute Gasteiger partial charge is 0.337 e. The van der Waals surface area contributed by atoms with E-state index < -0.39 is 11.9 Å². The molecule has 21 heavy (non-hydrogen) atoms. The van der Waals surface area contributed by atoms with Crippen LogP contribution in [0.25, 0.3) is 11.1 Å². The predicted molar refractivity (Wildman–Crippen MR) is 76.9 cm³/mol. The summed E-state index contributed by atoms with van der Waals surface area (Å²) in [4.78, 5) is 22.6. The lowest BCUT2D eigenvalue weighted by atomic mass is 10.0. The molecule has 2 aromatic carbocycles. The summed E-state index contributed by atoms with van der Waals surface area (Å²) in [5.74, 6) is -1.91. The zero-order valence-corrected chi connectivity index (χ0v) is 11.7. The second-order valence-corrected chi connectivity index (χ2v) is 4.67. The van der Waals surface area contributed by atoms with Gasteiger partial charge in [-0.3, -0.25) is 0 Å². The third-order valence-corrected chi connectivity index (χ3v) is 3.19. The van der Waals surface area contributed by atoms with E-state index in [1.165, 1.54) is 37.4 Å². The molecule has 0 heterocycles. The van der Waals surface area contributed by atoms with Gasteiger partial charge in [-0.1, -0.05) is 11.6 Å². The minimum atomic E-state index is -1.17. The lowest BCUT2D eigenvalue weighted by Gasteiger charge is -2.09. The Kier molecular flexibility index (Phi) is 4.14. The molecule has 0 aromatic heterocycles. The van der Waals surface area contributed by atoms with Gasteiger partial charge in [-0.2, -0.15) is 0 Å². The number of phenols is 1. The summed E-state index contributed by atoms with van der Waals surface area (Å²) in [5, 5.41) is 19.0. The van der Waals surface area contributed by atoms with Crippen molar-refractivity contribution >= 4 is 23.5 Å². The molecule has 0 radical (unpaired) electrons. The van der Waals surface area contributed by atoms with Crippen LogP contribution in [0.1, 0.15) is 20.7 Å². The van der Waals surface area contributed by atoms with Crippen LogP contribution in [0.2, 0.25) is 5.02 Å². The number of halogens is 1. The van der Waals surface area contributed by atoms with Gasteiger partial charge < -0.3 is 14.9 Å². The molecule has 0 amide bonds. The number of carbonyl (C=O) groups is 2. The van der Waals surface area contributed by atoms with Gasteiger partial charge in [-0.05, 0) is 42.0 Å². The normalized spacial score (nSPS) is 10.2. The van der Waals surface area contributed by atoms with Crippen LogP contribution in [0, 0.1) is 0 Å². The monoisotopic (exact) mass is 306 g/mol. The number of hydrogen-bond donors (Lipinski definition) is 2. The third-order valence-electron chi connectivity index (χ3n) is 2.86. The van der Waals surface area contributed by atoms with Gasteiger partial charge in [-0.25, -0.2) is 9.59 Å². The highest BCUT2D eigenvalue weighted by molar-refractivity contribution is 6.33. The van der Waals surface area contributed by atoms with Crippen LogP contribution < -0.4 is 0 Å². The number of ether oxygens (including phenoxy) is 1. The Balaban J connectivity index is 2.60. The maximum absolute atomic E-state index is 11.5. The average Bonchev–Trinajstić information content (AvgIpc) is 2.46. The molecule has 0 aliphatic rings. The zero-order chi connectivity index (χ0) is 15.6. The minimum Gasteiger partial charge on any atom is -0.508 e. The molecule has 0 spiro atoms. The Bertz CT molecular complexity index is 724. The number of carboxylic acid groups (broad SMARTS) is 1. The number of carboxylic acids is 1. The number of phenolic OH excluding ortho intramolecular Hbond substituents is 1. The highest BCUT2D eigenvalue weighted by Gasteiger charge is 2.13. The molecular formula is C15H11ClO5. The summed E-state index contributed by atoms with van der Waals surface area (Å²) in [5.41, 5.74) is 1.02. The molecule has 108 valence electrons. The first-order valence-electron chi connectivity index (χ1n) is 5.88. The van der Waals surface area contributed by atoms with Crippen molar-refractivity contribution in [2.24, 2.45) is 0 Å². The summed E-state index contributed by atoms with van der Waals surface area (Å²) in [6.45, 7) is 0. The van der Waals surface area contributed by atoms with Crippen LogP contribution in [-0.4, -0.2) is 29.3 Å². The van der Waals surface area contributed by atoms with E-state index in [0.29, 0.717) is 16.1 Å². The number of carbonyl (C=O) groups excluding carboxylic acids is 1. The maximum atomic E-state index is 11.5. The second-order valence-electron chi connectivity index (χ2n) is 4.26. The van der Waals surface area contributed by atoms with E-state index >= 15 is 0 Å². The Labute approximate surface area is 125 Å². The SMILES string of the molecule is COC(=O)c1ccc(Cl)c(-c2cc(O)cc(C(=O)O)c2)c1. The number of rotatable bonds is 3. The van der Waals surface area contributed by atoms with Gasteiger partial charge in [0.15, 0.2) is 0 Å². The number of aromatic carboxylic acids is 1. The van der Waals surface area contributed by atoms with Crippen molar-refractivity contribution in [2.75, 3.05) is 7.11 Å². The van der Waals surface area contributed by atoms with Crippen molar-refractivity contribution in [3.05, 3.63) is 52.5 Å². The van der Waals surface area contributed by atoms with Crippen molar-refractivity contribution in [3.63, 3.8) is 0 Å². The Morgan fingerprint density at radius 1 is 1.10 bits per heavy atom. The summed E-state index contributed by atoms with van der Waals surface area (Å²) in [7, 11) is 1.26. The largest absolute Gasteiger partial charge is 0.508 e. The molecule has 0 atom stereocenters. The molecule has 0 aliphatic carbocycles. The fraction of sp³-hybridized carbons (Fsp3) is 0.0667. The highest BCUT2D eigenvalue weighted by atomic mass is 35.5. The van der Waals surface area contributed by atoms with Crippen molar-refractivity contribution in [1.82, 2.24) is 0 Å². The predicted octanol–water partition coefficient (Wildman–Crippen LogP) is 3.20. The fourth-order valence-electron chi connectivity index (χ4n) is 1.88. The molecule has 2 N–H and O–H groups in total. The summed E-state index contributed by atoms with van der Waals surface area (Å²) >= 11 is 6.08. The quantitative estimate of drug-likeness (QED) is 0.851. The van der Waals surface area contributed by atoms with E-state index in [1.807, 2.05) is 0 Å². The summed E-state index contributed by atoms with van der Waals surface area (Å²) in [6, 6.07) is 8.35. The Morgan fingerprint density at radius 2 is 1.81 bits per heavy atom. The number of benzene rings is 2. The first-order valence-corrected chi connectivity index (χ1v) is 6.25. The van der Waals surface area contributed by atoms with Crippen molar-refractivity contribution in [2.45, 2.75) is 0 Å². The van der Waals surface area contributed by atoms with E-state index in [1.54, 1.807) is 0 Å². The lowest BCUT2D eigenvalue weighted by molar-refractivity contribution is 0.0600. The van der Waals surface area contributed by atoms with E-state index in [9.17, 15) is 14.7 Å². The molecule has 0 unspecified atom stereocenters. The van der Waals surface area contributed by atoms with Crippen LogP contribution in [0.5, 0.6) is 5.75 Å². The molecule has 2 aromatic rings. The van der Waals surface area contributed by atoms with Crippen LogP contribution in [0.3, 0.4) is 0 Å². The molecule has 0 aliphatic heterocycles. The van der Waals surface area contributed by atoms with Crippen molar-refractivity contribution in [3.8, 4) is 16.9 Å². The minimum absolute atomic E-state index is 0.0791. The van der Waals surface area contributed by atoms with Gasteiger partial charge in [-0.15, -0.1) is 0 Å². The number of aromatic hydroxyl groups is 1. The first-order chi connectivity index (χ1) is 9.92. The van der Waals surface area contributed by atoms with Gasteiger partial charge in [0.2, 0.25) is 0 Å². The molecule has 5 nitrogen and oxygen atoms in total. The van der Waals surface area contributed by atoms with Gasteiger partial charge >= 0.3 is 11.9 Å². The Morgan fingerprint density at radius 3 is 2.43 bits per heavy atom. The number of hydrogen-bond acceptors (Lipinski definition) is 4. The molecule has 2 rings (SSSR count). The van der Waals surface area contributed by atoms with E-state index in [0.717, 1.165) is 6.07 Å². The van der Waals surface area contributed by atoms with Crippen molar-refractivity contribution < 1.29 is 24.5 Å². The molecule has 0 fully saturated rings. The van der Waals surface area contributed by atoms with Crippen LogP contribution >= 0.6 is 11.6 Å². The lowest BCUT2D eigenvalue weighted by Crippen LogP contribution is -2.01. The maximum Gasteiger partial charge on any atom is 0.337 e. The highest BCUT2D eigenvalue weighted by Crippen LogP contribution is 2.32. The fourth-order valence-corrected chi connectivity index (χ4v) is 2.11. The van der Waals surface area contributed by atoms with Gasteiger partial charge in [0.1, 0.15) is 5.75 Å². The molecule has 0 saturated carbocycles. The standard InChI is InChI=1S/C15H11ClO5/c1-21-15(20)8-2-3-13(16)12(7-8)9-4-10(14(18)19)6-11(17)5-9/h2-7,17H,1H3,(H,18,19). The Hall–Kier alpha value is -2.53.